The molecular formula is C15H17BrN2O5. The maximum absolute atomic E-state index is 10.7. The van der Waals surface area contributed by atoms with Gasteiger partial charge in [-0.2, -0.15) is 0 Å². The van der Waals surface area contributed by atoms with E-state index < -0.39 is 4.92 Å². The molecule has 0 fully saturated rings. The lowest BCUT2D eigenvalue weighted by Gasteiger charge is -2.04. The summed E-state index contributed by atoms with van der Waals surface area (Å²) in [6, 6.07) is 8.23. The number of furan rings is 1. The molecule has 0 saturated carbocycles. The van der Waals surface area contributed by atoms with Gasteiger partial charge in [0.1, 0.15) is 11.5 Å². The number of aliphatic hydroxyl groups excluding tert-OH is 1. The van der Waals surface area contributed by atoms with E-state index in [4.69, 9.17) is 14.3 Å². The van der Waals surface area contributed by atoms with Crippen LogP contribution >= 0.6 is 15.9 Å². The molecule has 2 N–H and O–H groups in total. The van der Waals surface area contributed by atoms with Crippen molar-refractivity contribution < 1.29 is 19.2 Å². The zero-order valence-electron chi connectivity index (χ0n) is 12.3. The van der Waals surface area contributed by atoms with E-state index in [2.05, 4.69) is 21.2 Å². The van der Waals surface area contributed by atoms with Crippen LogP contribution in [0.3, 0.4) is 0 Å². The fourth-order valence-electron chi connectivity index (χ4n) is 1.96. The second-order valence-electron chi connectivity index (χ2n) is 4.70. The number of nitro benzene ring substituents is 1. The number of halogens is 1. The average molecular weight is 385 g/mol. The molecule has 0 spiro atoms. The van der Waals surface area contributed by atoms with E-state index in [9.17, 15) is 10.1 Å². The number of benzene rings is 1. The highest BCUT2D eigenvalue weighted by atomic mass is 79.9. The number of hydrogen-bond acceptors (Lipinski definition) is 6. The lowest BCUT2D eigenvalue weighted by Crippen LogP contribution is -2.19. The van der Waals surface area contributed by atoms with Crippen LogP contribution < -0.4 is 5.32 Å². The summed E-state index contributed by atoms with van der Waals surface area (Å²) in [7, 11) is 0. The molecule has 23 heavy (non-hydrogen) atoms. The fraction of sp³-hybridized carbons (Fsp3) is 0.333. The molecule has 0 unspecified atom stereocenters. The summed E-state index contributed by atoms with van der Waals surface area (Å²) < 4.78 is 11.5. The monoisotopic (exact) mass is 384 g/mol. The molecule has 0 radical (unpaired) electrons. The van der Waals surface area contributed by atoms with Gasteiger partial charge in [-0.05, 0) is 34.1 Å². The van der Waals surface area contributed by atoms with Crippen LogP contribution in [0.2, 0.25) is 0 Å². The Balaban J connectivity index is 1.93. The Hall–Kier alpha value is -1.74. The van der Waals surface area contributed by atoms with Crippen molar-refractivity contribution in [1.82, 2.24) is 5.32 Å². The first-order chi connectivity index (χ1) is 11.1. The smallest absolute Gasteiger partial charge is 0.270 e. The standard InChI is InChI=1S/C15H17BrN2O5/c16-14-9-11(18(20)21)1-3-13(14)15-4-2-12(23-15)10-17-5-7-22-8-6-19/h1-4,9,17,19H,5-8,10H2. The molecule has 7 nitrogen and oxygen atoms in total. The number of aliphatic hydroxyl groups is 1. The van der Waals surface area contributed by atoms with Gasteiger partial charge in [0.25, 0.3) is 5.69 Å². The number of nitro groups is 1. The normalized spacial score (nSPS) is 10.9. The molecule has 8 heteroatoms. The predicted molar refractivity (Wildman–Crippen MR) is 88.1 cm³/mol. The van der Waals surface area contributed by atoms with Gasteiger partial charge in [-0.1, -0.05) is 0 Å². The van der Waals surface area contributed by atoms with Gasteiger partial charge in [0, 0.05) is 28.7 Å². The molecular weight excluding hydrogens is 368 g/mol. The Labute approximate surface area is 141 Å². The molecule has 2 rings (SSSR count). The van der Waals surface area contributed by atoms with Gasteiger partial charge in [-0.25, -0.2) is 0 Å². The van der Waals surface area contributed by atoms with Crippen LogP contribution in [0.5, 0.6) is 0 Å². The third-order valence-corrected chi connectivity index (χ3v) is 3.70. The van der Waals surface area contributed by atoms with Gasteiger partial charge in [-0.3, -0.25) is 10.1 Å². The van der Waals surface area contributed by atoms with Crippen molar-refractivity contribution in [1.29, 1.82) is 0 Å². The topological polar surface area (TPSA) is 97.8 Å². The third kappa shape index (κ3) is 5.14. The number of nitrogens with one attached hydrogen (secondary N) is 1. The summed E-state index contributed by atoms with van der Waals surface area (Å²) in [4.78, 5) is 10.3. The second kappa shape index (κ2) is 8.78. The van der Waals surface area contributed by atoms with Crippen LogP contribution in [0.15, 0.2) is 39.2 Å². The molecule has 0 aliphatic heterocycles. The molecule has 0 saturated heterocycles. The molecule has 0 bridgehead atoms. The molecule has 2 aromatic rings. The molecule has 0 amide bonds. The van der Waals surface area contributed by atoms with Crippen molar-refractivity contribution in [2.75, 3.05) is 26.4 Å². The largest absolute Gasteiger partial charge is 0.460 e. The zero-order chi connectivity index (χ0) is 16.7. The van der Waals surface area contributed by atoms with Crippen molar-refractivity contribution in [3.63, 3.8) is 0 Å². The molecule has 0 atom stereocenters. The van der Waals surface area contributed by atoms with E-state index in [-0.39, 0.29) is 12.3 Å². The van der Waals surface area contributed by atoms with Crippen LogP contribution in [-0.4, -0.2) is 36.4 Å². The Morgan fingerprint density at radius 2 is 2.13 bits per heavy atom. The Kier molecular flexibility index (Phi) is 6.72. The summed E-state index contributed by atoms with van der Waals surface area (Å²) in [5.41, 5.74) is 0.782. The first-order valence-corrected chi connectivity index (χ1v) is 7.83. The third-order valence-electron chi connectivity index (χ3n) is 3.05. The van der Waals surface area contributed by atoms with E-state index in [1.807, 2.05) is 12.1 Å². The van der Waals surface area contributed by atoms with Gasteiger partial charge in [0.05, 0.1) is 31.3 Å². The van der Waals surface area contributed by atoms with Crippen LogP contribution in [-0.2, 0) is 11.3 Å². The SMILES string of the molecule is O=[N+]([O-])c1ccc(-c2ccc(CNCCOCCO)o2)c(Br)c1. The average Bonchev–Trinajstić information content (AvgIpc) is 2.99. The Morgan fingerprint density at radius 3 is 2.83 bits per heavy atom. The van der Waals surface area contributed by atoms with E-state index >= 15 is 0 Å². The summed E-state index contributed by atoms with van der Waals surface area (Å²) >= 11 is 3.33. The first kappa shape index (κ1) is 17.6. The first-order valence-electron chi connectivity index (χ1n) is 7.04. The Bertz CT molecular complexity index is 659. The number of nitrogens with zero attached hydrogens (tertiary/aromatic N) is 1. The Morgan fingerprint density at radius 1 is 1.30 bits per heavy atom. The van der Waals surface area contributed by atoms with Crippen molar-refractivity contribution in [3.05, 3.63) is 50.7 Å². The van der Waals surface area contributed by atoms with E-state index in [1.165, 1.54) is 12.1 Å². The molecule has 0 aliphatic carbocycles. The molecule has 1 heterocycles. The maximum Gasteiger partial charge on any atom is 0.270 e. The molecule has 1 aromatic carbocycles. The van der Waals surface area contributed by atoms with Gasteiger partial charge in [0.15, 0.2) is 0 Å². The quantitative estimate of drug-likeness (QED) is 0.391. The highest BCUT2D eigenvalue weighted by molar-refractivity contribution is 9.10. The predicted octanol–water partition coefficient (Wildman–Crippen LogP) is 2.72. The lowest BCUT2D eigenvalue weighted by atomic mass is 10.1. The summed E-state index contributed by atoms with van der Waals surface area (Å²) in [5.74, 6) is 1.40. The van der Waals surface area contributed by atoms with Crippen molar-refractivity contribution in [2.45, 2.75) is 6.54 Å². The highest BCUT2D eigenvalue weighted by Gasteiger charge is 2.13. The molecule has 1 aromatic heterocycles. The van der Waals surface area contributed by atoms with Gasteiger partial charge < -0.3 is 19.6 Å². The minimum absolute atomic E-state index is 0.0195. The highest BCUT2D eigenvalue weighted by Crippen LogP contribution is 2.32. The number of ether oxygens (including phenoxy) is 1. The van der Waals surface area contributed by atoms with Crippen LogP contribution in [0.4, 0.5) is 5.69 Å². The number of rotatable bonds is 9. The minimum Gasteiger partial charge on any atom is -0.460 e. The van der Waals surface area contributed by atoms with E-state index in [0.29, 0.717) is 36.5 Å². The van der Waals surface area contributed by atoms with E-state index in [1.54, 1.807) is 6.07 Å². The van der Waals surface area contributed by atoms with Crippen LogP contribution in [0.1, 0.15) is 5.76 Å². The zero-order valence-corrected chi connectivity index (χ0v) is 13.9. The van der Waals surface area contributed by atoms with Crippen molar-refractivity contribution >= 4 is 21.6 Å². The van der Waals surface area contributed by atoms with Gasteiger partial charge in [0.2, 0.25) is 0 Å². The van der Waals surface area contributed by atoms with Gasteiger partial charge in [-0.15, -0.1) is 0 Å². The van der Waals surface area contributed by atoms with Crippen molar-refractivity contribution in [3.8, 4) is 11.3 Å². The maximum atomic E-state index is 10.7. The number of non-ortho nitro benzene ring substituents is 1. The summed E-state index contributed by atoms with van der Waals surface area (Å²) in [6.07, 6.45) is 0. The van der Waals surface area contributed by atoms with Gasteiger partial charge >= 0.3 is 0 Å². The summed E-state index contributed by atoms with van der Waals surface area (Å²) in [6.45, 7) is 2.07. The molecule has 0 aliphatic rings. The molecule has 124 valence electrons. The lowest BCUT2D eigenvalue weighted by molar-refractivity contribution is -0.384. The van der Waals surface area contributed by atoms with Crippen LogP contribution in [0, 0.1) is 10.1 Å². The fourth-order valence-corrected chi connectivity index (χ4v) is 2.52. The second-order valence-corrected chi connectivity index (χ2v) is 5.55. The van der Waals surface area contributed by atoms with E-state index in [0.717, 1.165) is 11.3 Å². The number of hydrogen-bond donors (Lipinski definition) is 2. The summed E-state index contributed by atoms with van der Waals surface area (Å²) in [5, 5.41) is 22.5. The van der Waals surface area contributed by atoms with Crippen LogP contribution in [0.25, 0.3) is 11.3 Å². The van der Waals surface area contributed by atoms with Crippen molar-refractivity contribution in [2.24, 2.45) is 0 Å². The minimum atomic E-state index is -0.440.